The van der Waals surface area contributed by atoms with Gasteiger partial charge in [0.2, 0.25) is 5.91 Å². The summed E-state index contributed by atoms with van der Waals surface area (Å²) in [4.78, 5) is 10.9. The Morgan fingerprint density at radius 2 is 2.54 bits per heavy atom. The Labute approximate surface area is 79.7 Å². The molecule has 0 aromatic carbocycles. The Morgan fingerprint density at radius 3 is 3.15 bits per heavy atom. The van der Waals surface area contributed by atoms with E-state index in [-0.39, 0.29) is 12.5 Å². The summed E-state index contributed by atoms with van der Waals surface area (Å²) >= 11 is 1.58. The summed E-state index contributed by atoms with van der Waals surface area (Å²) in [5.74, 6) is 1.51. The number of hydrogen-bond donors (Lipinski definition) is 2. The second-order valence-electron chi connectivity index (χ2n) is 2.71. The number of thioether (sulfide) groups is 1. The van der Waals surface area contributed by atoms with E-state index in [1.54, 1.807) is 16.4 Å². The van der Waals surface area contributed by atoms with Crippen LogP contribution in [0.25, 0.3) is 0 Å². The van der Waals surface area contributed by atoms with Crippen molar-refractivity contribution in [3.8, 4) is 0 Å². The van der Waals surface area contributed by atoms with Crippen LogP contribution in [0.2, 0.25) is 0 Å². The largest absolute Gasteiger partial charge is 0.393 e. The quantitative estimate of drug-likeness (QED) is 0.680. The average molecular weight is 198 g/mol. The van der Waals surface area contributed by atoms with Crippen LogP contribution in [0.4, 0.5) is 11.5 Å². The first kappa shape index (κ1) is 8.43. The van der Waals surface area contributed by atoms with Gasteiger partial charge in [0.15, 0.2) is 5.82 Å². The smallest absolute Gasteiger partial charge is 0.247 e. The maximum absolute atomic E-state index is 10.9. The van der Waals surface area contributed by atoms with Crippen molar-refractivity contribution in [1.29, 1.82) is 0 Å². The number of nitrogen functional groups attached to an aromatic ring is 1. The first-order valence-electron chi connectivity index (χ1n) is 4.01. The monoisotopic (exact) mass is 198 g/mol. The number of nitrogens with zero attached hydrogens (tertiary/aromatic N) is 2. The molecule has 1 aromatic rings. The molecule has 13 heavy (non-hydrogen) atoms. The van der Waals surface area contributed by atoms with Crippen LogP contribution >= 0.6 is 11.8 Å². The van der Waals surface area contributed by atoms with Crippen molar-refractivity contribution in [2.24, 2.45) is 0 Å². The summed E-state index contributed by atoms with van der Waals surface area (Å²) in [6, 6.07) is 0. The zero-order valence-electron chi connectivity index (χ0n) is 7.20. The predicted octanol–water partition coefficient (Wildman–Crippen LogP) is 0.529. The van der Waals surface area contributed by atoms with Gasteiger partial charge in [0.1, 0.15) is 17.3 Å². The summed E-state index contributed by atoms with van der Waals surface area (Å²) < 4.78 is 1.61. The summed E-state index contributed by atoms with van der Waals surface area (Å²) in [5, 5.41) is 7.67. The molecule has 70 valence electrons. The number of aromatic nitrogens is 2. The van der Waals surface area contributed by atoms with Crippen molar-refractivity contribution < 1.29 is 4.79 Å². The first-order valence-corrected chi connectivity index (χ1v) is 5.00. The normalized spacial score (nSPS) is 14.4. The maximum atomic E-state index is 10.9. The lowest BCUT2D eigenvalue weighted by atomic mass is 10.5. The van der Waals surface area contributed by atoms with E-state index >= 15 is 0 Å². The second-order valence-corrected chi connectivity index (χ2v) is 3.96. The highest BCUT2D eigenvalue weighted by molar-refractivity contribution is 7.99. The fourth-order valence-corrected chi connectivity index (χ4v) is 1.93. The molecular weight excluding hydrogens is 188 g/mol. The van der Waals surface area contributed by atoms with Crippen LogP contribution in [0.1, 0.15) is 6.92 Å². The molecule has 0 bridgehead atoms. The van der Waals surface area contributed by atoms with E-state index in [1.165, 1.54) is 0 Å². The predicted molar refractivity (Wildman–Crippen MR) is 51.7 cm³/mol. The summed E-state index contributed by atoms with van der Waals surface area (Å²) in [6.45, 7) is 2.32. The zero-order chi connectivity index (χ0) is 9.42. The Kier molecular flexibility index (Phi) is 1.91. The maximum Gasteiger partial charge on any atom is 0.247 e. The van der Waals surface area contributed by atoms with Crippen molar-refractivity contribution in [1.82, 2.24) is 9.78 Å². The third-order valence-corrected chi connectivity index (χ3v) is 2.65. The van der Waals surface area contributed by atoms with Crippen LogP contribution < -0.4 is 11.1 Å². The number of nitrogens with one attached hydrogen (secondary N) is 1. The third kappa shape index (κ3) is 1.27. The fourth-order valence-electron chi connectivity index (χ4n) is 1.25. The number of fused-ring (bicyclic) bond motifs is 1. The van der Waals surface area contributed by atoms with E-state index in [1.807, 2.05) is 6.92 Å². The van der Waals surface area contributed by atoms with Crippen molar-refractivity contribution >= 4 is 29.2 Å². The lowest BCUT2D eigenvalue weighted by molar-refractivity contribution is -0.116. The number of anilines is 2. The molecule has 3 N–H and O–H groups in total. The average Bonchev–Trinajstić information content (AvgIpc) is 2.54. The van der Waals surface area contributed by atoms with Gasteiger partial charge in [0.05, 0.1) is 0 Å². The van der Waals surface area contributed by atoms with Crippen LogP contribution in [-0.4, -0.2) is 21.4 Å². The summed E-state index contributed by atoms with van der Waals surface area (Å²) in [5.41, 5.74) is 6.37. The topological polar surface area (TPSA) is 72.9 Å². The van der Waals surface area contributed by atoms with Gasteiger partial charge < -0.3 is 11.1 Å². The minimum absolute atomic E-state index is 0.0535. The molecule has 2 heterocycles. The molecule has 1 aromatic heterocycles. The van der Waals surface area contributed by atoms with Gasteiger partial charge in [0.25, 0.3) is 0 Å². The fraction of sp³-hybridized carbons (Fsp3) is 0.429. The SMILES string of the molecule is CCSc1nn2c(c1N)NC(=O)C2. The Bertz CT molecular complexity index is 360. The Morgan fingerprint density at radius 1 is 1.77 bits per heavy atom. The highest BCUT2D eigenvalue weighted by atomic mass is 32.2. The van der Waals surface area contributed by atoms with E-state index in [4.69, 9.17) is 5.73 Å². The van der Waals surface area contributed by atoms with Crippen LogP contribution in [-0.2, 0) is 11.3 Å². The van der Waals surface area contributed by atoms with Gasteiger partial charge in [-0.1, -0.05) is 6.92 Å². The summed E-state index contributed by atoms with van der Waals surface area (Å²) in [7, 11) is 0. The van der Waals surface area contributed by atoms with E-state index in [9.17, 15) is 4.79 Å². The number of carbonyl (C=O) groups is 1. The van der Waals surface area contributed by atoms with Crippen molar-refractivity contribution in [3.05, 3.63) is 0 Å². The van der Waals surface area contributed by atoms with Crippen LogP contribution in [0.15, 0.2) is 5.03 Å². The summed E-state index contributed by atoms with van der Waals surface area (Å²) in [6.07, 6.45) is 0. The minimum Gasteiger partial charge on any atom is -0.393 e. The number of rotatable bonds is 2. The number of carbonyl (C=O) groups excluding carboxylic acids is 1. The molecule has 0 atom stereocenters. The molecule has 0 saturated carbocycles. The molecule has 0 saturated heterocycles. The molecule has 0 unspecified atom stereocenters. The van der Waals surface area contributed by atoms with Crippen LogP contribution in [0, 0.1) is 0 Å². The Hall–Kier alpha value is -1.17. The molecular formula is C7H10N4OS. The van der Waals surface area contributed by atoms with E-state index in [0.29, 0.717) is 11.5 Å². The van der Waals surface area contributed by atoms with Gasteiger partial charge >= 0.3 is 0 Å². The lowest BCUT2D eigenvalue weighted by Crippen LogP contribution is -2.07. The number of nitrogens with two attached hydrogens (primary N) is 1. The molecule has 0 spiro atoms. The molecule has 0 fully saturated rings. The highest BCUT2D eigenvalue weighted by Crippen LogP contribution is 2.32. The van der Waals surface area contributed by atoms with Crippen LogP contribution in [0.5, 0.6) is 0 Å². The molecule has 1 aliphatic heterocycles. The molecule has 1 aliphatic rings. The standard InChI is InChI=1S/C7H10N4OS/c1-2-13-7-5(8)6-9-4(12)3-11(6)10-7/h2-3,8H2,1H3,(H,9,12). The van der Waals surface area contributed by atoms with Crippen LogP contribution in [0.3, 0.4) is 0 Å². The minimum atomic E-state index is -0.0535. The van der Waals surface area contributed by atoms with E-state index in [2.05, 4.69) is 10.4 Å². The van der Waals surface area contributed by atoms with Gasteiger partial charge in [-0.25, -0.2) is 4.68 Å². The van der Waals surface area contributed by atoms with Crippen molar-refractivity contribution in [3.63, 3.8) is 0 Å². The highest BCUT2D eigenvalue weighted by Gasteiger charge is 2.24. The van der Waals surface area contributed by atoms with Gasteiger partial charge in [-0.2, -0.15) is 5.10 Å². The second kappa shape index (κ2) is 2.95. The zero-order valence-corrected chi connectivity index (χ0v) is 8.02. The molecule has 1 amide bonds. The molecule has 6 heteroatoms. The molecule has 0 radical (unpaired) electrons. The molecule has 2 rings (SSSR count). The van der Waals surface area contributed by atoms with Gasteiger partial charge in [-0.05, 0) is 5.75 Å². The van der Waals surface area contributed by atoms with E-state index < -0.39 is 0 Å². The van der Waals surface area contributed by atoms with Gasteiger partial charge in [0, 0.05) is 0 Å². The third-order valence-electron chi connectivity index (χ3n) is 1.79. The number of hydrogen-bond acceptors (Lipinski definition) is 4. The van der Waals surface area contributed by atoms with Gasteiger partial charge in [-0.15, -0.1) is 11.8 Å². The first-order chi connectivity index (χ1) is 6.22. The molecule has 0 aliphatic carbocycles. The Balaban J connectivity index is 2.35. The molecule has 5 nitrogen and oxygen atoms in total. The van der Waals surface area contributed by atoms with Crippen molar-refractivity contribution in [2.45, 2.75) is 18.5 Å². The van der Waals surface area contributed by atoms with Crippen molar-refractivity contribution in [2.75, 3.05) is 16.8 Å². The lowest BCUT2D eigenvalue weighted by Gasteiger charge is -1.95. The van der Waals surface area contributed by atoms with E-state index in [0.717, 1.165) is 10.8 Å². The van der Waals surface area contributed by atoms with Gasteiger partial charge in [-0.3, -0.25) is 4.79 Å². The number of amides is 1.